The van der Waals surface area contributed by atoms with E-state index >= 15 is 0 Å². The molecule has 4 aromatic rings. The minimum Gasteiger partial charge on any atom is -0.487 e. The van der Waals surface area contributed by atoms with Crippen molar-refractivity contribution in [2.45, 2.75) is 30.5 Å². The van der Waals surface area contributed by atoms with Crippen LogP contribution in [0.15, 0.2) is 77.7 Å². The maximum Gasteiger partial charge on any atom is 0.191 e. The lowest BCUT2D eigenvalue weighted by atomic mass is 10.2. The van der Waals surface area contributed by atoms with Gasteiger partial charge in [-0.15, -0.1) is 21.5 Å². The molecule has 0 atom stereocenters. The van der Waals surface area contributed by atoms with Gasteiger partial charge in [-0.25, -0.2) is 0 Å². The van der Waals surface area contributed by atoms with E-state index < -0.39 is 0 Å². The lowest BCUT2D eigenvalue weighted by Crippen LogP contribution is -2.01. The van der Waals surface area contributed by atoms with Crippen LogP contribution in [0.5, 0.6) is 5.75 Å². The molecule has 1 aromatic carbocycles. The van der Waals surface area contributed by atoms with Gasteiger partial charge in [-0.05, 0) is 47.7 Å². The van der Waals surface area contributed by atoms with Crippen LogP contribution in [0.3, 0.4) is 0 Å². The lowest BCUT2D eigenvalue weighted by Gasteiger charge is -2.08. The van der Waals surface area contributed by atoms with E-state index in [4.69, 9.17) is 4.74 Å². The number of nitrogens with zero attached hydrogens (tertiary/aromatic N) is 4. The van der Waals surface area contributed by atoms with Crippen LogP contribution in [-0.4, -0.2) is 19.7 Å². The SMILES string of the molecule is c1ccc(COc2ccc(CSc3nncn3CCc3cccs3)cc2)nc1. The van der Waals surface area contributed by atoms with Crippen molar-refractivity contribution in [1.82, 2.24) is 19.7 Å². The highest BCUT2D eigenvalue weighted by Gasteiger charge is 2.07. The van der Waals surface area contributed by atoms with E-state index in [1.165, 1.54) is 10.4 Å². The van der Waals surface area contributed by atoms with Crippen LogP contribution in [0.4, 0.5) is 0 Å². The van der Waals surface area contributed by atoms with Gasteiger partial charge in [-0.3, -0.25) is 4.98 Å². The molecule has 0 amide bonds. The molecule has 0 fully saturated rings. The number of pyridine rings is 1. The fourth-order valence-electron chi connectivity index (χ4n) is 2.67. The van der Waals surface area contributed by atoms with E-state index in [-0.39, 0.29) is 0 Å². The van der Waals surface area contributed by atoms with E-state index in [2.05, 4.69) is 49.4 Å². The molecule has 7 heteroatoms. The Bertz CT molecular complexity index is 969. The Morgan fingerprint density at radius 3 is 2.75 bits per heavy atom. The second kappa shape index (κ2) is 9.52. The average molecular weight is 409 g/mol. The largest absolute Gasteiger partial charge is 0.487 e. The first-order chi connectivity index (χ1) is 13.9. The first kappa shape index (κ1) is 18.7. The molecule has 0 spiro atoms. The topological polar surface area (TPSA) is 52.8 Å². The summed E-state index contributed by atoms with van der Waals surface area (Å²) in [5.41, 5.74) is 2.15. The molecule has 3 heterocycles. The molecular weight excluding hydrogens is 388 g/mol. The lowest BCUT2D eigenvalue weighted by molar-refractivity contribution is 0.301. The maximum absolute atomic E-state index is 5.79. The molecule has 0 bridgehead atoms. The summed E-state index contributed by atoms with van der Waals surface area (Å²) in [6.07, 6.45) is 4.59. The zero-order chi connectivity index (χ0) is 19.0. The zero-order valence-corrected chi connectivity index (χ0v) is 16.9. The van der Waals surface area contributed by atoms with E-state index in [1.54, 1.807) is 29.3 Å². The van der Waals surface area contributed by atoms with Crippen LogP contribution in [0.25, 0.3) is 0 Å². The first-order valence-corrected chi connectivity index (χ1v) is 10.9. The fraction of sp³-hybridized carbons (Fsp3) is 0.190. The molecule has 0 aliphatic carbocycles. The third-order valence-electron chi connectivity index (χ3n) is 4.16. The maximum atomic E-state index is 5.79. The molecule has 0 aliphatic heterocycles. The number of hydrogen-bond acceptors (Lipinski definition) is 6. The summed E-state index contributed by atoms with van der Waals surface area (Å²) in [6.45, 7) is 1.37. The van der Waals surface area contributed by atoms with Crippen molar-refractivity contribution < 1.29 is 4.74 Å². The van der Waals surface area contributed by atoms with Gasteiger partial charge in [0.15, 0.2) is 5.16 Å². The monoisotopic (exact) mass is 408 g/mol. The number of rotatable bonds is 9. The summed E-state index contributed by atoms with van der Waals surface area (Å²) in [4.78, 5) is 5.65. The van der Waals surface area contributed by atoms with E-state index in [9.17, 15) is 0 Å². The smallest absolute Gasteiger partial charge is 0.191 e. The Balaban J connectivity index is 1.27. The van der Waals surface area contributed by atoms with Gasteiger partial charge in [0.1, 0.15) is 18.7 Å². The van der Waals surface area contributed by atoms with Crippen molar-refractivity contribution in [1.29, 1.82) is 0 Å². The molecular formula is C21H20N4OS2. The summed E-state index contributed by atoms with van der Waals surface area (Å²) in [5.74, 6) is 1.69. The highest BCUT2D eigenvalue weighted by atomic mass is 32.2. The molecule has 28 heavy (non-hydrogen) atoms. The molecule has 0 aliphatic rings. The van der Waals surface area contributed by atoms with Gasteiger partial charge < -0.3 is 9.30 Å². The quantitative estimate of drug-likeness (QED) is 0.371. The van der Waals surface area contributed by atoms with Crippen molar-refractivity contribution >= 4 is 23.1 Å². The molecule has 0 radical (unpaired) electrons. The van der Waals surface area contributed by atoms with Gasteiger partial charge in [0.05, 0.1) is 5.69 Å². The first-order valence-electron chi connectivity index (χ1n) is 9.01. The molecule has 0 N–H and O–H groups in total. The second-order valence-electron chi connectivity index (χ2n) is 6.18. The van der Waals surface area contributed by atoms with Crippen LogP contribution >= 0.6 is 23.1 Å². The molecule has 142 valence electrons. The van der Waals surface area contributed by atoms with Gasteiger partial charge in [0, 0.05) is 23.4 Å². The van der Waals surface area contributed by atoms with E-state index in [1.807, 2.05) is 36.7 Å². The Morgan fingerprint density at radius 1 is 1.04 bits per heavy atom. The van der Waals surface area contributed by atoms with Crippen molar-refractivity contribution in [2.24, 2.45) is 0 Å². The van der Waals surface area contributed by atoms with Gasteiger partial charge in [0.25, 0.3) is 0 Å². The van der Waals surface area contributed by atoms with Crippen LogP contribution in [-0.2, 0) is 25.3 Å². The molecule has 3 aromatic heterocycles. The zero-order valence-electron chi connectivity index (χ0n) is 15.3. The molecule has 0 saturated heterocycles. The number of thioether (sulfide) groups is 1. The molecule has 0 unspecified atom stereocenters. The van der Waals surface area contributed by atoms with Crippen molar-refractivity contribution in [2.75, 3.05) is 0 Å². The van der Waals surface area contributed by atoms with E-state index in [0.29, 0.717) is 6.61 Å². The van der Waals surface area contributed by atoms with Crippen LogP contribution in [0.1, 0.15) is 16.1 Å². The second-order valence-corrected chi connectivity index (χ2v) is 8.15. The highest BCUT2D eigenvalue weighted by molar-refractivity contribution is 7.98. The van der Waals surface area contributed by atoms with Crippen LogP contribution < -0.4 is 4.74 Å². The fourth-order valence-corrected chi connectivity index (χ4v) is 4.26. The molecule has 0 saturated carbocycles. The van der Waals surface area contributed by atoms with Crippen molar-refractivity contribution in [3.63, 3.8) is 0 Å². The van der Waals surface area contributed by atoms with Crippen LogP contribution in [0, 0.1) is 0 Å². The molecule has 4 rings (SSSR count). The summed E-state index contributed by atoms with van der Waals surface area (Å²) in [5, 5.41) is 11.4. The minimum atomic E-state index is 0.474. The summed E-state index contributed by atoms with van der Waals surface area (Å²) in [6, 6.07) is 18.3. The number of benzene rings is 1. The standard InChI is InChI=1S/C21H20N4OS2/c1-2-11-22-18(4-1)14-26-19-8-6-17(7-9-19)15-28-21-24-23-16-25(21)12-10-20-5-3-13-27-20/h1-9,11,13,16H,10,12,14-15H2. The third kappa shape index (κ3) is 5.21. The normalized spacial score (nSPS) is 10.9. The number of thiophene rings is 1. The Labute approximate surface area is 172 Å². The Morgan fingerprint density at radius 2 is 1.96 bits per heavy atom. The van der Waals surface area contributed by atoms with Gasteiger partial charge in [-0.2, -0.15) is 0 Å². The predicted molar refractivity (Wildman–Crippen MR) is 113 cm³/mol. The Kier molecular flexibility index (Phi) is 6.36. The number of aromatic nitrogens is 4. The van der Waals surface area contributed by atoms with Gasteiger partial charge >= 0.3 is 0 Å². The number of aryl methyl sites for hydroxylation is 2. The summed E-state index contributed by atoms with van der Waals surface area (Å²) >= 11 is 3.49. The number of hydrogen-bond donors (Lipinski definition) is 0. The van der Waals surface area contributed by atoms with E-state index in [0.717, 1.165) is 35.3 Å². The summed E-state index contributed by atoms with van der Waals surface area (Å²) < 4.78 is 7.91. The highest BCUT2D eigenvalue weighted by Crippen LogP contribution is 2.23. The van der Waals surface area contributed by atoms with Gasteiger partial charge in [0.2, 0.25) is 0 Å². The average Bonchev–Trinajstić information content (AvgIpc) is 3.42. The van der Waals surface area contributed by atoms with Crippen molar-refractivity contribution in [3.05, 3.63) is 88.6 Å². The number of ether oxygens (including phenoxy) is 1. The van der Waals surface area contributed by atoms with Crippen LogP contribution in [0.2, 0.25) is 0 Å². The molecule has 5 nitrogen and oxygen atoms in total. The summed E-state index contributed by atoms with van der Waals surface area (Å²) in [7, 11) is 0. The minimum absolute atomic E-state index is 0.474. The predicted octanol–water partition coefficient (Wildman–Crippen LogP) is 4.85. The van der Waals surface area contributed by atoms with Crippen molar-refractivity contribution in [3.8, 4) is 5.75 Å². The third-order valence-corrected chi connectivity index (χ3v) is 6.15. The Hall–Kier alpha value is -2.64. The van der Waals surface area contributed by atoms with Gasteiger partial charge in [-0.1, -0.05) is 36.0 Å².